The van der Waals surface area contributed by atoms with E-state index in [-0.39, 0.29) is 11.8 Å². The molecule has 0 unspecified atom stereocenters. The van der Waals surface area contributed by atoms with Crippen LogP contribution in [0.1, 0.15) is 22.3 Å². The molecule has 19 heavy (non-hydrogen) atoms. The lowest BCUT2D eigenvalue weighted by molar-refractivity contribution is -0.122. The molecular weight excluding hydrogens is 242 g/mol. The minimum atomic E-state index is -0.104. The number of hydrogen-bond donors (Lipinski definition) is 3. The standard InChI is InChI=1S/C14H19N3O2/c1-15-14(19)12-4-2-10(3-5-12)9-17-13(18)6-11-7-16-8-11/h2-5,11,16H,6-9H2,1H3,(H,15,19)(H,17,18). The second-order valence-electron chi connectivity index (χ2n) is 4.78. The molecule has 1 aliphatic rings. The fourth-order valence-electron chi connectivity index (χ4n) is 1.95. The van der Waals surface area contributed by atoms with Gasteiger partial charge >= 0.3 is 0 Å². The summed E-state index contributed by atoms with van der Waals surface area (Å²) in [6.07, 6.45) is 0.587. The summed E-state index contributed by atoms with van der Waals surface area (Å²) >= 11 is 0. The molecule has 0 aromatic heterocycles. The summed E-state index contributed by atoms with van der Waals surface area (Å²) in [5.41, 5.74) is 1.62. The molecule has 0 aliphatic carbocycles. The van der Waals surface area contributed by atoms with Gasteiger partial charge < -0.3 is 16.0 Å². The first-order valence-corrected chi connectivity index (χ1v) is 6.47. The van der Waals surface area contributed by atoms with Gasteiger partial charge in [-0.25, -0.2) is 0 Å². The molecule has 1 heterocycles. The molecule has 102 valence electrons. The number of carbonyl (C=O) groups excluding carboxylic acids is 2. The van der Waals surface area contributed by atoms with Crippen molar-refractivity contribution in [1.29, 1.82) is 0 Å². The highest BCUT2D eigenvalue weighted by atomic mass is 16.2. The summed E-state index contributed by atoms with van der Waals surface area (Å²) in [4.78, 5) is 23.0. The fraction of sp³-hybridized carbons (Fsp3) is 0.429. The van der Waals surface area contributed by atoms with Gasteiger partial charge in [-0.2, -0.15) is 0 Å². The monoisotopic (exact) mass is 261 g/mol. The van der Waals surface area contributed by atoms with E-state index >= 15 is 0 Å². The molecule has 1 aromatic carbocycles. The molecule has 0 saturated carbocycles. The van der Waals surface area contributed by atoms with Gasteiger partial charge in [-0.3, -0.25) is 9.59 Å². The van der Waals surface area contributed by atoms with Gasteiger partial charge in [0.05, 0.1) is 0 Å². The zero-order valence-corrected chi connectivity index (χ0v) is 11.0. The molecule has 1 saturated heterocycles. The van der Waals surface area contributed by atoms with Crippen LogP contribution in [0, 0.1) is 5.92 Å². The average Bonchev–Trinajstić information content (AvgIpc) is 2.40. The number of rotatable bonds is 5. The first kappa shape index (κ1) is 13.5. The maximum atomic E-state index is 11.6. The summed E-state index contributed by atoms with van der Waals surface area (Å²) in [5, 5.41) is 8.61. The summed E-state index contributed by atoms with van der Waals surface area (Å²) in [7, 11) is 1.60. The summed E-state index contributed by atoms with van der Waals surface area (Å²) in [6.45, 7) is 2.38. The Labute approximate surface area is 112 Å². The van der Waals surface area contributed by atoms with E-state index in [4.69, 9.17) is 0 Å². The van der Waals surface area contributed by atoms with E-state index in [1.165, 1.54) is 0 Å². The normalized spacial score (nSPS) is 14.6. The lowest BCUT2D eigenvalue weighted by atomic mass is 9.99. The minimum Gasteiger partial charge on any atom is -0.355 e. The SMILES string of the molecule is CNC(=O)c1ccc(CNC(=O)CC2CNC2)cc1. The number of benzene rings is 1. The Bertz CT molecular complexity index is 452. The van der Waals surface area contributed by atoms with Crippen LogP contribution in [-0.4, -0.2) is 32.0 Å². The lowest BCUT2D eigenvalue weighted by Crippen LogP contribution is -2.44. The second-order valence-corrected chi connectivity index (χ2v) is 4.78. The quantitative estimate of drug-likeness (QED) is 0.712. The predicted octanol–water partition coefficient (Wildman–Crippen LogP) is 0.272. The zero-order valence-electron chi connectivity index (χ0n) is 11.0. The molecule has 1 fully saturated rings. The lowest BCUT2D eigenvalue weighted by Gasteiger charge is -2.26. The Hall–Kier alpha value is -1.88. The van der Waals surface area contributed by atoms with Crippen molar-refractivity contribution >= 4 is 11.8 Å². The van der Waals surface area contributed by atoms with Gasteiger partial charge in [0.15, 0.2) is 0 Å². The maximum Gasteiger partial charge on any atom is 0.251 e. The fourth-order valence-corrected chi connectivity index (χ4v) is 1.95. The Kier molecular flexibility index (Phi) is 4.52. The largest absolute Gasteiger partial charge is 0.355 e. The maximum absolute atomic E-state index is 11.6. The molecule has 0 bridgehead atoms. The highest BCUT2D eigenvalue weighted by molar-refractivity contribution is 5.93. The zero-order chi connectivity index (χ0) is 13.7. The molecular formula is C14H19N3O2. The topological polar surface area (TPSA) is 70.2 Å². The van der Waals surface area contributed by atoms with Gasteiger partial charge in [0, 0.05) is 25.6 Å². The molecule has 5 nitrogen and oxygen atoms in total. The highest BCUT2D eigenvalue weighted by Crippen LogP contribution is 2.08. The van der Waals surface area contributed by atoms with Crippen molar-refractivity contribution < 1.29 is 9.59 Å². The van der Waals surface area contributed by atoms with E-state index in [1.54, 1.807) is 19.2 Å². The number of amides is 2. The van der Waals surface area contributed by atoms with E-state index in [9.17, 15) is 9.59 Å². The Morgan fingerprint density at radius 2 is 1.95 bits per heavy atom. The smallest absolute Gasteiger partial charge is 0.251 e. The van der Waals surface area contributed by atoms with Crippen LogP contribution in [0.25, 0.3) is 0 Å². The van der Waals surface area contributed by atoms with Crippen LogP contribution in [0.3, 0.4) is 0 Å². The van der Waals surface area contributed by atoms with Crippen molar-refractivity contribution in [2.24, 2.45) is 5.92 Å². The van der Waals surface area contributed by atoms with Gasteiger partial charge in [0.1, 0.15) is 0 Å². The van der Waals surface area contributed by atoms with Crippen molar-refractivity contribution in [3.8, 4) is 0 Å². The molecule has 2 rings (SSSR count). The van der Waals surface area contributed by atoms with E-state index in [0.717, 1.165) is 18.7 Å². The third-order valence-corrected chi connectivity index (χ3v) is 3.27. The van der Waals surface area contributed by atoms with Crippen LogP contribution in [0.2, 0.25) is 0 Å². The number of hydrogen-bond acceptors (Lipinski definition) is 3. The van der Waals surface area contributed by atoms with Crippen molar-refractivity contribution in [1.82, 2.24) is 16.0 Å². The summed E-state index contributed by atoms with van der Waals surface area (Å²) < 4.78 is 0. The Balaban J connectivity index is 1.79. The molecule has 5 heteroatoms. The Morgan fingerprint density at radius 3 is 2.47 bits per heavy atom. The van der Waals surface area contributed by atoms with Crippen LogP contribution in [0.4, 0.5) is 0 Å². The van der Waals surface area contributed by atoms with E-state index < -0.39 is 0 Å². The summed E-state index contributed by atoms with van der Waals surface area (Å²) in [5.74, 6) is 0.463. The van der Waals surface area contributed by atoms with Crippen LogP contribution < -0.4 is 16.0 Å². The van der Waals surface area contributed by atoms with Crippen molar-refractivity contribution in [3.63, 3.8) is 0 Å². The third kappa shape index (κ3) is 3.79. The minimum absolute atomic E-state index is 0.0851. The van der Waals surface area contributed by atoms with E-state index in [1.807, 2.05) is 12.1 Å². The third-order valence-electron chi connectivity index (χ3n) is 3.27. The highest BCUT2D eigenvalue weighted by Gasteiger charge is 2.19. The Morgan fingerprint density at radius 1 is 1.26 bits per heavy atom. The van der Waals surface area contributed by atoms with Gasteiger partial charge in [-0.15, -0.1) is 0 Å². The van der Waals surface area contributed by atoms with E-state index in [0.29, 0.717) is 24.4 Å². The average molecular weight is 261 g/mol. The molecule has 0 spiro atoms. The second kappa shape index (κ2) is 6.33. The molecule has 1 aromatic rings. The van der Waals surface area contributed by atoms with Gasteiger partial charge in [0.25, 0.3) is 5.91 Å². The van der Waals surface area contributed by atoms with Crippen LogP contribution >= 0.6 is 0 Å². The molecule has 2 amide bonds. The molecule has 0 atom stereocenters. The predicted molar refractivity (Wildman–Crippen MR) is 72.7 cm³/mol. The first-order valence-electron chi connectivity index (χ1n) is 6.47. The van der Waals surface area contributed by atoms with Crippen molar-refractivity contribution in [2.75, 3.05) is 20.1 Å². The van der Waals surface area contributed by atoms with Crippen LogP contribution in [-0.2, 0) is 11.3 Å². The number of carbonyl (C=O) groups is 2. The van der Waals surface area contributed by atoms with Crippen LogP contribution in [0.5, 0.6) is 0 Å². The van der Waals surface area contributed by atoms with Gasteiger partial charge in [0.2, 0.25) is 5.91 Å². The van der Waals surface area contributed by atoms with E-state index in [2.05, 4.69) is 16.0 Å². The molecule has 3 N–H and O–H groups in total. The summed E-state index contributed by atoms with van der Waals surface area (Å²) in [6, 6.07) is 7.23. The van der Waals surface area contributed by atoms with Crippen LogP contribution in [0.15, 0.2) is 24.3 Å². The number of nitrogens with one attached hydrogen (secondary N) is 3. The van der Waals surface area contributed by atoms with Crippen molar-refractivity contribution in [2.45, 2.75) is 13.0 Å². The first-order chi connectivity index (χ1) is 9.19. The van der Waals surface area contributed by atoms with Gasteiger partial charge in [-0.1, -0.05) is 12.1 Å². The molecule has 1 aliphatic heterocycles. The van der Waals surface area contributed by atoms with Gasteiger partial charge in [-0.05, 0) is 36.7 Å². The molecule has 0 radical (unpaired) electrons. The van der Waals surface area contributed by atoms with Crippen molar-refractivity contribution in [3.05, 3.63) is 35.4 Å².